The van der Waals surface area contributed by atoms with Crippen molar-refractivity contribution in [3.8, 4) is 0 Å². The zero-order valence-corrected chi connectivity index (χ0v) is 108. The van der Waals surface area contributed by atoms with Gasteiger partial charge in [-0.1, -0.05) is 61.3 Å². The zero-order valence-electron chi connectivity index (χ0n) is 107. The SMILES string of the molecule is CC(C)(C)N1CCCCC1.CC(C)(C)N1CCCCC1.CC(C)(C)N1CCOC(C(=O)O)C1.CC(C)N1CCC(S(C)(=O)=O)C1.CC(C)N1CCN(C)CC1.CC1(C(=O)O)CCCN(C(C)(C)C)C1.CC1(C)CCN(C(C)(C)C)C1.CC1(C)CN(C(C)(C)C)CCO1.CC1CCCN(C(C)(C)C)C1.CC1CCN(C(C)(C)C)C1.CC1CCN(C(C)(C)C)CC1.CC1CCN(C(C)C)CC1.CC1CN(C(C)(C)C)C1.O=C=O.O=C=O. The standard InChI is InChI=1S/C11H21NO2.C10H21NO.3C10H21N.C9H17NO3.4C9H19N.C8H18N2.C8H17NO2S.C8H17N.2CO2/c1-10(2,3)12-7-5-6-11(4,8-12)9(13)14;1-9(2,3)11-6-7-12-10(4,5)8-11;1-9(2,3)11-7-6-10(4,5)8-11;1-9-5-7-11(8-6-9)10(2,3)4;1-9-6-5-7-11(8-9)10(2,3)4;1-9(2,3)10-4-5-13-7(6-10)8(11)12;1-8-5-6-10(7-8)9(2,3)4;1-8(2)10-6-4-9(3)5-7-10;2*1-9(2,3)10-7-5-4-6-8-10;1-8(2)10-6-4-9(3)5-7-10;1-7(2)9-5-4-8(6-9)12(3,10)11;1-7-5-9(6-7)8(2,3)4;2*2-1-3/h5-8H2,1-4H3,(H,13,14);6-8H2,1-5H3;6-8H2,1-5H3;2*9H,5-8H2,1-4H3;7H,4-6H2,1-3H3,(H,11,12);8H,5-7H2,1-4H3;8-9H,4-7H2,1-3H3;2*4-8H2,1-3H3;8H,4-7H2,1-3H3;7-8H,4-6H2,1-3H3;7H,5-6H2,1-4H3;;. The Kier molecular flexibility index (Phi) is 67.8. The number of likely N-dealkylation sites (N-methyl/N-ethyl adjacent to an activating group) is 1. The number of sulfone groups is 1. The maximum Gasteiger partial charge on any atom is 0.373 e. The largest absolute Gasteiger partial charge is 0.481 e. The highest BCUT2D eigenvalue weighted by Crippen LogP contribution is 2.37. The second kappa shape index (κ2) is 68.2. The number of aliphatic carboxylic acids is 2. The first-order chi connectivity index (χ1) is 67.6. The van der Waals surface area contributed by atoms with Gasteiger partial charge >= 0.3 is 24.2 Å². The summed E-state index contributed by atoms with van der Waals surface area (Å²) in [6.45, 7) is 138. The van der Waals surface area contributed by atoms with Crippen LogP contribution in [0.25, 0.3) is 0 Å². The number of carboxylic acid groups (broad SMARTS) is 2. The highest BCUT2D eigenvalue weighted by atomic mass is 32.2. The van der Waals surface area contributed by atoms with Crippen LogP contribution in [0.5, 0.6) is 0 Å². The maximum atomic E-state index is 11.2. The third kappa shape index (κ3) is 66.0. The van der Waals surface area contributed by atoms with Gasteiger partial charge in [-0.2, -0.15) is 19.2 Å². The molecular weight excluding hydrogens is 1890 g/mol. The lowest BCUT2D eigenvalue weighted by molar-refractivity contribution is -0.193. The summed E-state index contributed by atoms with van der Waals surface area (Å²) in [6, 6.07) is 1.96. The van der Waals surface area contributed by atoms with E-state index in [0.29, 0.717) is 69.9 Å². The number of ether oxygens (including phenoxy) is 2. The Balaban J connectivity index is 0. The molecule has 149 heavy (non-hydrogen) atoms. The Morgan fingerprint density at radius 1 is 0.315 bits per heavy atom. The fourth-order valence-corrected chi connectivity index (χ4v) is 21.5. The average Bonchev–Trinajstić information content (AvgIpc) is 1.81. The summed E-state index contributed by atoms with van der Waals surface area (Å²) in [7, 11) is -0.619. The molecule has 13 heterocycles. The molecule has 0 aromatic heterocycles. The van der Waals surface area contributed by atoms with Crippen molar-refractivity contribution in [1.82, 2.24) is 68.6 Å². The maximum absolute atomic E-state index is 11.2. The van der Waals surface area contributed by atoms with Crippen LogP contribution < -0.4 is 0 Å². The summed E-state index contributed by atoms with van der Waals surface area (Å²) in [6.07, 6.45) is 23.4. The molecule has 13 saturated heterocycles. The number of carboxylic acids is 2. The summed E-state index contributed by atoms with van der Waals surface area (Å²) < 4.78 is 33.1. The molecular formula is C122H250N14O12S. The van der Waals surface area contributed by atoms with Gasteiger partial charge in [0.25, 0.3) is 0 Å². The minimum absolute atomic E-state index is 0.0253. The minimum Gasteiger partial charge on any atom is -0.481 e. The van der Waals surface area contributed by atoms with Crippen molar-refractivity contribution in [3.05, 3.63) is 0 Å². The molecule has 26 nitrogen and oxygen atoms in total. The number of carbonyl (C=O) groups is 2. The van der Waals surface area contributed by atoms with E-state index in [1.54, 1.807) is 0 Å². The molecule has 5 unspecified atom stereocenters. The van der Waals surface area contributed by atoms with Crippen LogP contribution in [-0.2, 0) is 48.1 Å². The van der Waals surface area contributed by atoms with E-state index >= 15 is 0 Å². The Bertz CT molecular complexity index is 3590. The lowest BCUT2D eigenvalue weighted by Gasteiger charge is -2.46. The summed E-state index contributed by atoms with van der Waals surface area (Å²) in [5, 5.41) is 17.8. The van der Waals surface area contributed by atoms with Crippen LogP contribution in [0.2, 0.25) is 0 Å². The van der Waals surface area contributed by atoms with Gasteiger partial charge in [-0.25, -0.2) is 13.2 Å². The number of piperidine rings is 6. The van der Waals surface area contributed by atoms with Gasteiger partial charge in [0.2, 0.25) is 0 Å². The van der Waals surface area contributed by atoms with Crippen LogP contribution in [0, 0.1) is 40.4 Å². The number of likely N-dealkylation sites (tertiary alicyclic amines) is 10. The number of hydrogen-bond donors (Lipinski definition) is 2. The molecule has 0 radical (unpaired) electrons. The number of morpholine rings is 2. The number of nitrogens with zero attached hydrogens (tertiary/aromatic N) is 14. The molecule has 0 aromatic carbocycles. The Morgan fingerprint density at radius 3 is 0.906 bits per heavy atom. The first-order valence-electron chi connectivity index (χ1n) is 58.9. The smallest absolute Gasteiger partial charge is 0.373 e. The Hall–Kier alpha value is -2.99. The monoisotopic (exact) mass is 2140 g/mol. The Labute approximate surface area is 922 Å². The van der Waals surface area contributed by atoms with Gasteiger partial charge in [0, 0.05) is 178 Å². The van der Waals surface area contributed by atoms with Crippen molar-refractivity contribution >= 4 is 34.1 Å². The fourth-order valence-electron chi connectivity index (χ4n) is 20.5. The molecule has 5 atom stereocenters. The molecule has 0 aromatic rings. The number of rotatable bonds is 6. The van der Waals surface area contributed by atoms with Crippen molar-refractivity contribution in [1.29, 1.82) is 0 Å². The lowest BCUT2D eigenvalue weighted by Crippen LogP contribution is -2.55. The van der Waals surface area contributed by atoms with Gasteiger partial charge in [-0.3, -0.25) is 63.6 Å². The predicted octanol–water partition coefficient (Wildman–Crippen LogP) is 22.5. The molecule has 13 aliphatic heterocycles. The van der Waals surface area contributed by atoms with Crippen molar-refractivity contribution in [2.45, 2.75) is 518 Å². The van der Waals surface area contributed by atoms with Gasteiger partial charge < -0.3 is 29.5 Å². The quantitative estimate of drug-likeness (QED) is 0.251. The van der Waals surface area contributed by atoms with E-state index < -0.39 is 33.3 Å². The highest BCUT2D eigenvalue weighted by Gasteiger charge is 2.43. The molecule has 0 bridgehead atoms. The van der Waals surface area contributed by atoms with Crippen LogP contribution in [-0.4, -0.2) is 412 Å². The molecule has 0 saturated carbocycles. The van der Waals surface area contributed by atoms with Crippen molar-refractivity contribution in [3.63, 3.8) is 0 Å². The van der Waals surface area contributed by atoms with Crippen LogP contribution >= 0.6 is 0 Å². The van der Waals surface area contributed by atoms with Crippen LogP contribution in [0.3, 0.4) is 0 Å². The summed E-state index contributed by atoms with van der Waals surface area (Å²) in [5.41, 5.74) is 3.17. The Morgan fingerprint density at radius 2 is 0.624 bits per heavy atom. The summed E-state index contributed by atoms with van der Waals surface area (Å²) in [4.78, 5) is 88.9. The number of piperazine rings is 1. The van der Waals surface area contributed by atoms with Crippen LogP contribution in [0.4, 0.5) is 0 Å². The van der Waals surface area contributed by atoms with E-state index in [4.69, 9.17) is 38.9 Å². The van der Waals surface area contributed by atoms with E-state index in [0.717, 1.165) is 107 Å². The van der Waals surface area contributed by atoms with E-state index in [1.165, 1.54) is 227 Å². The third-order valence-corrected chi connectivity index (χ3v) is 33.7. The minimum atomic E-state index is -2.81. The van der Waals surface area contributed by atoms with Gasteiger partial charge in [-0.05, 0) is 493 Å². The summed E-state index contributed by atoms with van der Waals surface area (Å²) >= 11 is 0. The predicted molar refractivity (Wildman–Crippen MR) is 631 cm³/mol. The molecule has 27 heteroatoms. The van der Waals surface area contributed by atoms with Crippen molar-refractivity contribution in [2.75, 3.05) is 210 Å². The lowest BCUT2D eigenvalue weighted by atomic mass is 9.80. The molecule has 13 aliphatic rings. The molecule has 0 aliphatic carbocycles. The normalized spacial score (nSPS) is 25.0. The van der Waals surface area contributed by atoms with Crippen LogP contribution in [0.1, 0.15) is 428 Å². The second-order valence-electron chi connectivity index (χ2n) is 58.7. The molecule has 2 N–H and O–H groups in total. The van der Waals surface area contributed by atoms with Gasteiger partial charge in [-0.15, -0.1) is 0 Å². The molecule has 0 spiro atoms. The van der Waals surface area contributed by atoms with Gasteiger partial charge in [0.15, 0.2) is 15.9 Å². The topological polar surface area (TPSA) is 241 Å². The summed E-state index contributed by atoms with van der Waals surface area (Å²) in [5.74, 6) is 3.15. The average molecular weight is 2140 g/mol. The van der Waals surface area contributed by atoms with Crippen molar-refractivity contribution in [2.24, 2.45) is 40.4 Å². The third-order valence-electron chi connectivity index (χ3n) is 32.1. The molecule has 13 rings (SSSR count). The van der Waals surface area contributed by atoms with Crippen molar-refractivity contribution < 1.29 is 56.9 Å². The van der Waals surface area contributed by atoms with Crippen LogP contribution in [0.15, 0.2) is 0 Å². The zero-order chi connectivity index (χ0) is 116. The van der Waals surface area contributed by atoms with Gasteiger partial charge in [0.1, 0.15) is 0 Å². The second-order valence-corrected chi connectivity index (χ2v) is 61.0. The van der Waals surface area contributed by atoms with E-state index in [-0.39, 0.29) is 39.8 Å². The first kappa shape index (κ1) is 148. The molecule has 13 fully saturated rings. The molecule has 886 valence electrons. The number of carbonyl (C=O) groups excluding carboxylic acids is 4. The molecule has 0 amide bonds. The first-order valence-corrected chi connectivity index (χ1v) is 60.9. The van der Waals surface area contributed by atoms with E-state index in [9.17, 15) is 18.0 Å². The van der Waals surface area contributed by atoms with E-state index in [1.807, 2.05) is 6.92 Å². The number of hydrogen-bond acceptors (Lipinski definition) is 24. The van der Waals surface area contributed by atoms with Gasteiger partial charge in [0.05, 0.1) is 29.5 Å². The fraction of sp³-hybridized carbons (Fsp3) is 0.967. The van der Waals surface area contributed by atoms with E-state index in [2.05, 4.69) is 387 Å². The highest BCUT2D eigenvalue weighted by molar-refractivity contribution is 7.91.